The number of rotatable bonds is 6. The van der Waals surface area contributed by atoms with Crippen LogP contribution in [-0.2, 0) is 4.79 Å². The summed E-state index contributed by atoms with van der Waals surface area (Å²) in [6, 6.07) is 21.4. The van der Waals surface area contributed by atoms with Crippen LogP contribution in [0.15, 0.2) is 60.7 Å². The van der Waals surface area contributed by atoms with Crippen molar-refractivity contribution in [1.82, 2.24) is 14.7 Å². The summed E-state index contributed by atoms with van der Waals surface area (Å²) >= 11 is 0. The van der Waals surface area contributed by atoms with Crippen LogP contribution < -0.4 is 0 Å². The summed E-state index contributed by atoms with van der Waals surface area (Å²) in [5.74, 6) is 0.192. The molecule has 0 atom stereocenters. The average Bonchev–Trinajstić information content (AvgIpc) is 3.31. The molecule has 1 saturated heterocycles. The van der Waals surface area contributed by atoms with Crippen LogP contribution in [0.5, 0.6) is 0 Å². The molecule has 4 nitrogen and oxygen atoms in total. The lowest BCUT2D eigenvalue weighted by Gasteiger charge is -2.38. The molecule has 2 aromatic rings. The van der Waals surface area contributed by atoms with Crippen LogP contribution in [0.2, 0.25) is 0 Å². The number of likely N-dealkylation sites (N-methyl/N-ethyl adjacent to an activating group) is 1. The smallest absolute Gasteiger partial charge is 0.237 e. The zero-order valence-electron chi connectivity index (χ0n) is 17.5. The van der Waals surface area contributed by atoms with Gasteiger partial charge >= 0.3 is 0 Å². The Morgan fingerprint density at radius 1 is 0.897 bits per heavy atom. The third-order valence-electron chi connectivity index (χ3n) is 6.62. The van der Waals surface area contributed by atoms with Crippen molar-refractivity contribution < 1.29 is 4.79 Å². The maximum atomic E-state index is 13.2. The summed E-state index contributed by atoms with van der Waals surface area (Å²) in [4.78, 5) is 20.1. The van der Waals surface area contributed by atoms with Gasteiger partial charge in [0.2, 0.25) is 5.91 Å². The molecule has 4 rings (SSSR count). The molecule has 0 unspecified atom stereocenters. The number of piperazine rings is 1. The molecule has 0 spiro atoms. The summed E-state index contributed by atoms with van der Waals surface area (Å²) in [7, 11) is 1.95. The summed E-state index contributed by atoms with van der Waals surface area (Å²) in [6.07, 6.45) is 5.48. The van der Waals surface area contributed by atoms with E-state index in [0.717, 1.165) is 43.3 Å². The fourth-order valence-electron chi connectivity index (χ4n) is 4.91. The standard InChI is InChI=1S/C25H33N3O/c1-26(25(21-10-4-2-5-11-21)22-12-6-3-7-13-22)24(29)20-27-16-18-28(19-17-27)23-14-8-9-15-23/h2-7,10-13,23,25H,8-9,14-20H2,1H3. The van der Waals surface area contributed by atoms with E-state index in [0.29, 0.717) is 6.54 Å². The van der Waals surface area contributed by atoms with Gasteiger partial charge in [0.15, 0.2) is 0 Å². The molecule has 1 aliphatic carbocycles. The van der Waals surface area contributed by atoms with Gasteiger partial charge in [0.05, 0.1) is 12.6 Å². The minimum Gasteiger partial charge on any atom is -0.334 e. The van der Waals surface area contributed by atoms with E-state index in [9.17, 15) is 4.79 Å². The molecule has 29 heavy (non-hydrogen) atoms. The zero-order valence-corrected chi connectivity index (χ0v) is 17.5. The Morgan fingerprint density at radius 2 is 1.41 bits per heavy atom. The van der Waals surface area contributed by atoms with Crippen LogP contribution in [0.1, 0.15) is 42.9 Å². The van der Waals surface area contributed by atoms with E-state index in [-0.39, 0.29) is 11.9 Å². The Hall–Kier alpha value is -2.17. The number of benzene rings is 2. The average molecular weight is 392 g/mol. The SMILES string of the molecule is CN(C(=O)CN1CCN(C2CCCC2)CC1)C(c1ccccc1)c1ccccc1. The second kappa shape index (κ2) is 9.55. The topological polar surface area (TPSA) is 26.8 Å². The lowest BCUT2D eigenvalue weighted by molar-refractivity contribution is -0.133. The molecule has 1 saturated carbocycles. The van der Waals surface area contributed by atoms with Crippen LogP contribution in [0.4, 0.5) is 0 Å². The minimum absolute atomic E-state index is 0.0512. The van der Waals surface area contributed by atoms with Gasteiger partial charge in [-0.1, -0.05) is 73.5 Å². The van der Waals surface area contributed by atoms with Crippen molar-refractivity contribution in [1.29, 1.82) is 0 Å². The van der Waals surface area contributed by atoms with Gasteiger partial charge in [-0.3, -0.25) is 14.6 Å². The minimum atomic E-state index is -0.0512. The molecular formula is C25H33N3O. The van der Waals surface area contributed by atoms with E-state index >= 15 is 0 Å². The number of hydrogen-bond donors (Lipinski definition) is 0. The molecular weight excluding hydrogens is 358 g/mol. The highest BCUT2D eigenvalue weighted by atomic mass is 16.2. The number of amides is 1. The van der Waals surface area contributed by atoms with Crippen molar-refractivity contribution in [3.05, 3.63) is 71.8 Å². The molecule has 0 bridgehead atoms. The molecule has 0 radical (unpaired) electrons. The molecule has 1 amide bonds. The largest absolute Gasteiger partial charge is 0.334 e. The third-order valence-corrected chi connectivity index (χ3v) is 6.62. The molecule has 1 aliphatic heterocycles. The Bertz CT molecular complexity index is 726. The maximum Gasteiger partial charge on any atom is 0.237 e. The van der Waals surface area contributed by atoms with E-state index in [4.69, 9.17) is 0 Å². The number of carbonyl (C=O) groups is 1. The quantitative estimate of drug-likeness (QED) is 0.749. The zero-order chi connectivity index (χ0) is 20.1. The van der Waals surface area contributed by atoms with Crippen molar-refractivity contribution in [3.63, 3.8) is 0 Å². The van der Waals surface area contributed by atoms with Gasteiger partial charge < -0.3 is 4.90 Å². The van der Waals surface area contributed by atoms with E-state index < -0.39 is 0 Å². The van der Waals surface area contributed by atoms with Gasteiger partial charge in [-0.2, -0.15) is 0 Å². The molecule has 1 heterocycles. The molecule has 154 valence electrons. The first-order valence-corrected chi connectivity index (χ1v) is 11.0. The van der Waals surface area contributed by atoms with Gasteiger partial charge in [-0.25, -0.2) is 0 Å². The first-order chi connectivity index (χ1) is 14.2. The van der Waals surface area contributed by atoms with Crippen LogP contribution in [0.25, 0.3) is 0 Å². The molecule has 2 aromatic carbocycles. The molecule has 4 heteroatoms. The predicted octanol–water partition coefficient (Wildman–Crippen LogP) is 3.79. The first-order valence-electron chi connectivity index (χ1n) is 11.0. The molecule has 0 aromatic heterocycles. The van der Waals surface area contributed by atoms with Gasteiger partial charge in [0.1, 0.15) is 0 Å². The Kier molecular flexibility index (Phi) is 6.63. The highest BCUT2D eigenvalue weighted by Crippen LogP contribution is 2.28. The van der Waals surface area contributed by atoms with Gasteiger partial charge in [-0.15, -0.1) is 0 Å². The summed E-state index contributed by atoms with van der Waals surface area (Å²) in [6.45, 7) is 4.70. The van der Waals surface area contributed by atoms with Crippen LogP contribution >= 0.6 is 0 Å². The lowest BCUT2D eigenvalue weighted by atomic mass is 9.97. The van der Waals surface area contributed by atoms with Crippen LogP contribution in [0, 0.1) is 0 Å². The lowest BCUT2D eigenvalue weighted by Crippen LogP contribution is -2.52. The highest BCUT2D eigenvalue weighted by Gasteiger charge is 2.29. The van der Waals surface area contributed by atoms with E-state index in [1.807, 2.05) is 48.3 Å². The Morgan fingerprint density at radius 3 is 1.93 bits per heavy atom. The fraction of sp³-hybridized carbons (Fsp3) is 0.480. The van der Waals surface area contributed by atoms with Crippen molar-refractivity contribution in [3.8, 4) is 0 Å². The van der Waals surface area contributed by atoms with Crippen molar-refractivity contribution in [2.45, 2.75) is 37.8 Å². The second-order valence-corrected chi connectivity index (χ2v) is 8.48. The second-order valence-electron chi connectivity index (χ2n) is 8.48. The normalized spacial score (nSPS) is 19.0. The fourth-order valence-corrected chi connectivity index (χ4v) is 4.91. The monoisotopic (exact) mass is 391 g/mol. The molecule has 2 fully saturated rings. The van der Waals surface area contributed by atoms with Crippen molar-refractivity contribution >= 4 is 5.91 Å². The summed E-state index contributed by atoms with van der Waals surface area (Å²) in [5, 5.41) is 0. The van der Waals surface area contributed by atoms with Crippen LogP contribution in [-0.4, -0.2) is 66.4 Å². The van der Waals surface area contributed by atoms with Crippen LogP contribution in [0.3, 0.4) is 0 Å². The number of hydrogen-bond acceptors (Lipinski definition) is 3. The first kappa shape index (κ1) is 20.1. The molecule has 2 aliphatic rings. The van der Waals surface area contributed by atoms with E-state index in [1.54, 1.807) is 0 Å². The predicted molar refractivity (Wildman–Crippen MR) is 118 cm³/mol. The van der Waals surface area contributed by atoms with E-state index in [1.165, 1.54) is 25.7 Å². The van der Waals surface area contributed by atoms with Gasteiger partial charge in [-0.05, 0) is 24.0 Å². The van der Waals surface area contributed by atoms with Crippen molar-refractivity contribution in [2.24, 2.45) is 0 Å². The Balaban J connectivity index is 1.40. The number of nitrogens with zero attached hydrogens (tertiary/aromatic N) is 3. The molecule has 0 N–H and O–H groups in total. The maximum absolute atomic E-state index is 13.2. The third kappa shape index (κ3) is 4.88. The highest BCUT2D eigenvalue weighted by molar-refractivity contribution is 5.79. The summed E-state index contributed by atoms with van der Waals surface area (Å²) in [5.41, 5.74) is 2.31. The van der Waals surface area contributed by atoms with Crippen molar-refractivity contribution in [2.75, 3.05) is 39.8 Å². The number of carbonyl (C=O) groups excluding carboxylic acids is 1. The van der Waals surface area contributed by atoms with Gasteiger partial charge in [0.25, 0.3) is 0 Å². The van der Waals surface area contributed by atoms with E-state index in [2.05, 4.69) is 34.1 Å². The van der Waals surface area contributed by atoms with Gasteiger partial charge in [0, 0.05) is 39.3 Å². The summed E-state index contributed by atoms with van der Waals surface area (Å²) < 4.78 is 0. The Labute approximate surface area is 175 Å².